The van der Waals surface area contributed by atoms with Crippen LogP contribution in [0.3, 0.4) is 0 Å². The molecule has 0 spiro atoms. The van der Waals surface area contributed by atoms with Gasteiger partial charge in [0, 0.05) is 31.9 Å². The van der Waals surface area contributed by atoms with Gasteiger partial charge in [0.2, 0.25) is 0 Å². The number of para-hydroxylation sites is 1. The second kappa shape index (κ2) is 5.41. The summed E-state index contributed by atoms with van der Waals surface area (Å²) in [7, 11) is 0. The van der Waals surface area contributed by atoms with Crippen LogP contribution in [0.1, 0.15) is 0 Å². The lowest BCUT2D eigenvalue weighted by Crippen LogP contribution is -2.46. The molecule has 2 aromatic rings. The lowest BCUT2D eigenvalue weighted by molar-refractivity contribution is 0.626. The lowest BCUT2D eigenvalue weighted by Gasteiger charge is -2.37. The van der Waals surface area contributed by atoms with E-state index in [9.17, 15) is 4.39 Å². The predicted molar refractivity (Wildman–Crippen MR) is 81.7 cm³/mol. The normalized spacial score (nSPS) is 15.4. The quantitative estimate of drug-likeness (QED) is 0.852. The van der Waals surface area contributed by atoms with Crippen molar-refractivity contribution >= 4 is 17.1 Å². The fourth-order valence-electron chi connectivity index (χ4n) is 2.66. The number of rotatable bonds is 2. The fraction of sp³-hybridized carbons (Fsp3) is 0.250. The van der Waals surface area contributed by atoms with Crippen LogP contribution in [-0.2, 0) is 0 Å². The summed E-state index contributed by atoms with van der Waals surface area (Å²) in [5, 5.41) is 0. The SMILES string of the molecule is Nc1cc(F)ccc1N1CCN(c2ccccc2)CC1. The van der Waals surface area contributed by atoms with Crippen LogP contribution in [0.15, 0.2) is 48.5 Å². The van der Waals surface area contributed by atoms with Crippen LogP contribution in [-0.4, -0.2) is 26.2 Å². The van der Waals surface area contributed by atoms with Gasteiger partial charge >= 0.3 is 0 Å². The zero-order chi connectivity index (χ0) is 13.9. The van der Waals surface area contributed by atoms with Crippen molar-refractivity contribution in [3.63, 3.8) is 0 Å². The number of anilines is 3. The molecular formula is C16H18FN3. The van der Waals surface area contributed by atoms with E-state index in [1.54, 1.807) is 6.07 Å². The number of nitrogens with two attached hydrogens (primary N) is 1. The molecule has 2 aromatic carbocycles. The standard InChI is InChI=1S/C16H18FN3/c17-13-6-7-16(15(18)12-13)20-10-8-19(9-11-20)14-4-2-1-3-5-14/h1-7,12H,8-11,18H2. The van der Waals surface area contributed by atoms with E-state index in [1.165, 1.54) is 17.8 Å². The highest BCUT2D eigenvalue weighted by molar-refractivity contribution is 5.68. The van der Waals surface area contributed by atoms with Gasteiger partial charge in [0.1, 0.15) is 5.82 Å². The largest absolute Gasteiger partial charge is 0.397 e. The molecule has 1 fully saturated rings. The first kappa shape index (κ1) is 12.8. The Morgan fingerprint density at radius 1 is 0.850 bits per heavy atom. The zero-order valence-corrected chi connectivity index (χ0v) is 11.3. The molecule has 0 atom stereocenters. The van der Waals surface area contributed by atoms with Gasteiger partial charge < -0.3 is 15.5 Å². The Labute approximate surface area is 118 Å². The van der Waals surface area contributed by atoms with Gasteiger partial charge in [-0.25, -0.2) is 4.39 Å². The summed E-state index contributed by atoms with van der Waals surface area (Å²) in [6, 6.07) is 15.0. The molecule has 1 saturated heterocycles. The first-order chi connectivity index (χ1) is 9.74. The van der Waals surface area contributed by atoms with Crippen molar-refractivity contribution in [2.45, 2.75) is 0 Å². The molecule has 0 aromatic heterocycles. The number of nitrogens with zero attached hydrogens (tertiary/aromatic N) is 2. The highest BCUT2D eigenvalue weighted by Gasteiger charge is 2.18. The van der Waals surface area contributed by atoms with Gasteiger partial charge in [-0.1, -0.05) is 18.2 Å². The van der Waals surface area contributed by atoms with Gasteiger partial charge in [0.15, 0.2) is 0 Å². The van der Waals surface area contributed by atoms with E-state index in [0.717, 1.165) is 31.9 Å². The van der Waals surface area contributed by atoms with Crippen molar-refractivity contribution in [1.29, 1.82) is 0 Å². The minimum Gasteiger partial charge on any atom is -0.397 e. The van der Waals surface area contributed by atoms with Crippen LogP contribution in [0, 0.1) is 5.82 Å². The summed E-state index contributed by atoms with van der Waals surface area (Å²) < 4.78 is 13.1. The molecule has 104 valence electrons. The third-order valence-corrected chi connectivity index (χ3v) is 3.73. The molecule has 20 heavy (non-hydrogen) atoms. The molecule has 1 aliphatic rings. The number of piperazine rings is 1. The Balaban J connectivity index is 1.69. The number of benzene rings is 2. The molecule has 0 saturated carbocycles. The maximum atomic E-state index is 13.1. The maximum absolute atomic E-state index is 13.1. The molecule has 4 heteroatoms. The Hall–Kier alpha value is -2.23. The van der Waals surface area contributed by atoms with E-state index in [2.05, 4.69) is 34.1 Å². The van der Waals surface area contributed by atoms with Crippen LogP contribution < -0.4 is 15.5 Å². The number of hydrogen-bond donors (Lipinski definition) is 1. The van der Waals surface area contributed by atoms with Crippen molar-refractivity contribution in [2.75, 3.05) is 41.7 Å². The van der Waals surface area contributed by atoms with Crippen LogP contribution in [0.4, 0.5) is 21.5 Å². The van der Waals surface area contributed by atoms with E-state index in [0.29, 0.717) is 5.69 Å². The number of nitrogen functional groups attached to an aromatic ring is 1. The van der Waals surface area contributed by atoms with E-state index in [4.69, 9.17) is 5.73 Å². The highest BCUT2D eigenvalue weighted by Crippen LogP contribution is 2.26. The maximum Gasteiger partial charge on any atom is 0.125 e. The molecule has 1 aliphatic heterocycles. The summed E-state index contributed by atoms with van der Waals surface area (Å²) in [6.07, 6.45) is 0. The fourth-order valence-corrected chi connectivity index (χ4v) is 2.66. The zero-order valence-electron chi connectivity index (χ0n) is 11.3. The smallest absolute Gasteiger partial charge is 0.125 e. The molecule has 0 aliphatic carbocycles. The Morgan fingerprint density at radius 2 is 1.50 bits per heavy atom. The summed E-state index contributed by atoms with van der Waals surface area (Å²) in [4.78, 5) is 4.57. The molecule has 0 unspecified atom stereocenters. The van der Waals surface area contributed by atoms with Gasteiger partial charge in [-0.2, -0.15) is 0 Å². The third-order valence-electron chi connectivity index (χ3n) is 3.73. The average Bonchev–Trinajstić information content (AvgIpc) is 2.48. The van der Waals surface area contributed by atoms with Crippen molar-refractivity contribution in [2.24, 2.45) is 0 Å². The van der Waals surface area contributed by atoms with Gasteiger partial charge in [-0.3, -0.25) is 0 Å². The highest BCUT2D eigenvalue weighted by atomic mass is 19.1. The van der Waals surface area contributed by atoms with Gasteiger partial charge in [-0.15, -0.1) is 0 Å². The van der Waals surface area contributed by atoms with Gasteiger partial charge in [0.05, 0.1) is 11.4 Å². The third kappa shape index (κ3) is 2.54. The summed E-state index contributed by atoms with van der Waals surface area (Å²) in [5.41, 5.74) is 8.59. The predicted octanol–water partition coefficient (Wildman–Crippen LogP) is 2.73. The van der Waals surface area contributed by atoms with Gasteiger partial charge in [0.25, 0.3) is 0 Å². The molecular weight excluding hydrogens is 253 g/mol. The monoisotopic (exact) mass is 271 g/mol. The van der Waals surface area contributed by atoms with Gasteiger partial charge in [-0.05, 0) is 30.3 Å². The molecule has 0 bridgehead atoms. The summed E-state index contributed by atoms with van der Waals surface area (Å²) in [6.45, 7) is 3.68. The van der Waals surface area contributed by atoms with Crippen LogP contribution in [0.2, 0.25) is 0 Å². The van der Waals surface area contributed by atoms with Crippen LogP contribution in [0.25, 0.3) is 0 Å². The molecule has 1 heterocycles. The van der Waals surface area contributed by atoms with Crippen LogP contribution >= 0.6 is 0 Å². The van der Waals surface area contributed by atoms with Crippen LogP contribution in [0.5, 0.6) is 0 Å². The van der Waals surface area contributed by atoms with E-state index < -0.39 is 0 Å². The molecule has 0 amide bonds. The average molecular weight is 271 g/mol. The molecule has 3 nitrogen and oxygen atoms in total. The topological polar surface area (TPSA) is 32.5 Å². The van der Waals surface area contributed by atoms with E-state index in [-0.39, 0.29) is 5.82 Å². The Morgan fingerprint density at radius 3 is 2.15 bits per heavy atom. The first-order valence-corrected chi connectivity index (χ1v) is 6.84. The van der Waals surface area contributed by atoms with Crippen molar-refractivity contribution < 1.29 is 4.39 Å². The Bertz CT molecular complexity index is 578. The number of halogens is 1. The lowest BCUT2D eigenvalue weighted by atomic mass is 10.2. The summed E-state index contributed by atoms with van der Waals surface area (Å²) >= 11 is 0. The van der Waals surface area contributed by atoms with E-state index >= 15 is 0 Å². The van der Waals surface area contributed by atoms with Crippen molar-refractivity contribution in [3.05, 3.63) is 54.3 Å². The molecule has 0 radical (unpaired) electrons. The van der Waals surface area contributed by atoms with E-state index in [1.807, 2.05) is 6.07 Å². The first-order valence-electron chi connectivity index (χ1n) is 6.84. The summed E-state index contributed by atoms with van der Waals surface area (Å²) in [5.74, 6) is -0.283. The minimum absolute atomic E-state index is 0.283. The molecule has 3 rings (SSSR count). The number of hydrogen-bond acceptors (Lipinski definition) is 3. The minimum atomic E-state index is -0.283. The van der Waals surface area contributed by atoms with Crippen molar-refractivity contribution in [3.8, 4) is 0 Å². The Kier molecular flexibility index (Phi) is 3.46. The second-order valence-corrected chi connectivity index (χ2v) is 5.01. The second-order valence-electron chi connectivity index (χ2n) is 5.01. The van der Waals surface area contributed by atoms with Crippen molar-refractivity contribution in [1.82, 2.24) is 0 Å². The molecule has 2 N–H and O–H groups in total.